The second-order valence-corrected chi connectivity index (χ2v) is 7.29. The van der Waals surface area contributed by atoms with Crippen LogP contribution in [0.3, 0.4) is 0 Å². The molecule has 1 saturated carbocycles. The second kappa shape index (κ2) is 7.53. The van der Waals surface area contributed by atoms with E-state index in [-0.39, 0.29) is 23.7 Å². The maximum Gasteiger partial charge on any atom is 0.261 e. The van der Waals surface area contributed by atoms with E-state index >= 15 is 0 Å². The molecule has 0 spiro atoms. The molecule has 2 aromatic heterocycles. The number of aromatic nitrogens is 5. The zero-order chi connectivity index (χ0) is 19.7. The third-order valence-corrected chi connectivity index (χ3v) is 5.07. The van der Waals surface area contributed by atoms with Gasteiger partial charge in [0.2, 0.25) is 5.95 Å². The monoisotopic (exact) mass is 382 g/mol. The summed E-state index contributed by atoms with van der Waals surface area (Å²) in [5, 5.41) is 14.1. The molecule has 1 atom stereocenters. The number of amides is 1. The number of carbonyl (C=O) groups is 1. The molecular formula is C20H23FN6O. The first-order valence-electron chi connectivity index (χ1n) is 9.59. The molecule has 2 N–H and O–H groups in total. The van der Waals surface area contributed by atoms with Gasteiger partial charge in [-0.15, -0.1) is 5.10 Å². The minimum absolute atomic E-state index is 0.203. The number of rotatable bonds is 7. The molecule has 2 heterocycles. The van der Waals surface area contributed by atoms with Crippen LogP contribution in [0, 0.1) is 5.82 Å². The van der Waals surface area contributed by atoms with Crippen LogP contribution in [-0.4, -0.2) is 30.9 Å². The summed E-state index contributed by atoms with van der Waals surface area (Å²) in [6.07, 6.45) is 5.16. The van der Waals surface area contributed by atoms with Gasteiger partial charge in [0.25, 0.3) is 5.91 Å². The SMILES string of the molecule is CC[C@H](C)n1ncc(C(=O)Nc2n[nH]c(Cc3cccc(F)c3)n2)c1C1CC1. The van der Waals surface area contributed by atoms with Gasteiger partial charge in [-0.25, -0.2) is 4.39 Å². The highest BCUT2D eigenvalue weighted by Gasteiger charge is 2.33. The predicted octanol–water partition coefficient (Wildman–Crippen LogP) is 3.83. The van der Waals surface area contributed by atoms with Gasteiger partial charge in [-0.3, -0.25) is 19.9 Å². The zero-order valence-electron chi connectivity index (χ0n) is 15.9. The van der Waals surface area contributed by atoms with E-state index in [0.717, 1.165) is 30.5 Å². The predicted molar refractivity (Wildman–Crippen MR) is 103 cm³/mol. The minimum atomic E-state index is -0.295. The fraction of sp³-hybridized carbons (Fsp3) is 0.400. The number of nitrogens with one attached hydrogen (secondary N) is 2. The number of anilines is 1. The smallest absolute Gasteiger partial charge is 0.261 e. The topological polar surface area (TPSA) is 88.5 Å². The molecule has 1 aliphatic rings. The number of aromatic amines is 1. The third-order valence-electron chi connectivity index (χ3n) is 5.07. The highest BCUT2D eigenvalue weighted by Crippen LogP contribution is 2.42. The number of nitrogens with zero attached hydrogens (tertiary/aromatic N) is 4. The molecule has 3 aromatic rings. The number of H-pyrrole nitrogens is 1. The summed E-state index contributed by atoms with van der Waals surface area (Å²) in [6, 6.07) is 6.56. The Hall–Kier alpha value is -3.03. The first-order chi connectivity index (χ1) is 13.5. The van der Waals surface area contributed by atoms with Gasteiger partial charge in [0.15, 0.2) is 0 Å². The lowest BCUT2D eigenvalue weighted by atomic mass is 10.1. The van der Waals surface area contributed by atoms with Crippen LogP contribution in [0.1, 0.15) is 72.5 Å². The van der Waals surface area contributed by atoms with Crippen molar-refractivity contribution in [2.45, 2.75) is 51.5 Å². The number of hydrogen-bond donors (Lipinski definition) is 2. The summed E-state index contributed by atoms with van der Waals surface area (Å²) < 4.78 is 15.3. The fourth-order valence-corrected chi connectivity index (χ4v) is 3.27. The zero-order valence-corrected chi connectivity index (χ0v) is 15.9. The van der Waals surface area contributed by atoms with Crippen LogP contribution in [0.4, 0.5) is 10.3 Å². The van der Waals surface area contributed by atoms with Crippen LogP contribution in [0.25, 0.3) is 0 Å². The van der Waals surface area contributed by atoms with E-state index in [1.807, 2.05) is 10.7 Å². The van der Waals surface area contributed by atoms with Gasteiger partial charge < -0.3 is 0 Å². The summed E-state index contributed by atoms with van der Waals surface area (Å²) in [4.78, 5) is 17.1. The van der Waals surface area contributed by atoms with Gasteiger partial charge in [0.05, 0.1) is 17.5 Å². The Labute approximate surface area is 162 Å². The summed E-state index contributed by atoms with van der Waals surface area (Å²) in [5.74, 6) is 0.602. The Balaban J connectivity index is 1.49. The van der Waals surface area contributed by atoms with Crippen molar-refractivity contribution < 1.29 is 9.18 Å². The molecule has 0 bridgehead atoms. The van der Waals surface area contributed by atoms with E-state index in [4.69, 9.17) is 0 Å². The van der Waals surface area contributed by atoms with Crippen LogP contribution < -0.4 is 5.32 Å². The van der Waals surface area contributed by atoms with Gasteiger partial charge in [0, 0.05) is 18.4 Å². The van der Waals surface area contributed by atoms with Crippen molar-refractivity contribution in [1.82, 2.24) is 25.0 Å². The van der Waals surface area contributed by atoms with Crippen molar-refractivity contribution in [3.05, 3.63) is 58.9 Å². The van der Waals surface area contributed by atoms with Crippen molar-refractivity contribution in [2.24, 2.45) is 0 Å². The highest BCUT2D eigenvalue weighted by atomic mass is 19.1. The van der Waals surface area contributed by atoms with Gasteiger partial charge in [0.1, 0.15) is 11.6 Å². The quantitative estimate of drug-likeness (QED) is 0.650. The fourth-order valence-electron chi connectivity index (χ4n) is 3.27. The van der Waals surface area contributed by atoms with Crippen molar-refractivity contribution in [3.63, 3.8) is 0 Å². The first-order valence-corrected chi connectivity index (χ1v) is 9.59. The van der Waals surface area contributed by atoms with E-state index < -0.39 is 0 Å². The largest absolute Gasteiger partial charge is 0.289 e. The van der Waals surface area contributed by atoms with Gasteiger partial charge in [-0.05, 0) is 43.9 Å². The number of benzene rings is 1. The van der Waals surface area contributed by atoms with Crippen molar-refractivity contribution >= 4 is 11.9 Å². The minimum Gasteiger partial charge on any atom is -0.289 e. The molecule has 4 rings (SSSR count). The molecule has 0 saturated heterocycles. The van der Waals surface area contributed by atoms with Crippen LogP contribution in [0.2, 0.25) is 0 Å². The third kappa shape index (κ3) is 3.81. The Kier molecular flexibility index (Phi) is 4.93. The van der Waals surface area contributed by atoms with Crippen molar-refractivity contribution in [3.8, 4) is 0 Å². The molecule has 7 nitrogen and oxygen atoms in total. The van der Waals surface area contributed by atoms with Crippen LogP contribution in [0.5, 0.6) is 0 Å². The Morgan fingerprint density at radius 3 is 2.96 bits per heavy atom. The number of halogens is 1. The van der Waals surface area contributed by atoms with Crippen LogP contribution in [-0.2, 0) is 6.42 Å². The van der Waals surface area contributed by atoms with E-state index in [1.54, 1.807) is 12.3 Å². The molecular weight excluding hydrogens is 359 g/mol. The van der Waals surface area contributed by atoms with Crippen molar-refractivity contribution in [1.29, 1.82) is 0 Å². The Morgan fingerprint density at radius 1 is 1.43 bits per heavy atom. The Bertz CT molecular complexity index is 990. The van der Waals surface area contributed by atoms with Gasteiger partial charge >= 0.3 is 0 Å². The molecule has 8 heteroatoms. The lowest BCUT2D eigenvalue weighted by molar-refractivity contribution is 0.102. The van der Waals surface area contributed by atoms with E-state index in [0.29, 0.717) is 23.7 Å². The average molecular weight is 382 g/mol. The van der Waals surface area contributed by atoms with Crippen molar-refractivity contribution in [2.75, 3.05) is 5.32 Å². The highest BCUT2D eigenvalue weighted by molar-refractivity contribution is 6.04. The molecule has 0 aliphatic heterocycles. The molecule has 146 valence electrons. The van der Waals surface area contributed by atoms with Crippen LogP contribution >= 0.6 is 0 Å². The lowest BCUT2D eigenvalue weighted by Crippen LogP contribution is -2.16. The lowest BCUT2D eigenvalue weighted by Gasteiger charge is -2.14. The van der Waals surface area contributed by atoms with Crippen LogP contribution in [0.15, 0.2) is 30.5 Å². The first kappa shape index (κ1) is 18.3. The normalized spacial score (nSPS) is 14.8. The number of carbonyl (C=O) groups excluding carboxylic acids is 1. The summed E-state index contributed by atoms with van der Waals surface area (Å²) in [6.45, 7) is 4.21. The van der Waals surface area contributed by atoms with E-state index in [1.165, 1.54) is 12.1 Å². The molecule has 28 heavy (non-hydrogen) atoms. The molecule has 1 aromatic carbocycles. The molecule has 0 unspecified atom stereocenters. The molecule has 1 amide bonds. The van der Waals surface area contributed by atoms with Gasteiger partial charge in [-0.2, -0.15) is 10.1 Å². The standard InChI is InChI=1S/C20H23FN6O/c1-3-12(2)27-18(14-7-8-14)16(11-22-27)19(28)24-20-23-17(25-26-20)10-13-5-4-6-15(21)9-13/h4-6,9,11-12,14H,3,7-8,10H2,1-2H3,(H2,23,24,25,26,28)/t12-/m0/s1. The van der Waals surface area contributed by atoms with Gasteiger partial charge in [-0.1, -0.05) is 19.1 Å². The maximum absolute atomic E-state index is 13.3. The Morgan fingerprint density at radius 2 is 2.25 bits per heavy atom. The molecule has 1 aliphatic carbocycles. The maximum atomic E-state index is 13.3. The van der Waals surface area contributed by atoms with E-state index in [2.05, 4.69) is 39.4 Å². The summed E-state index contributed by atoms with van der Waals surface area (Å²) in [7, 11) is 0. The average Bonchev–Trinajstić information content (AvgIpc) is 3.26. The summed E-state index contributed by atoms with van der Waals surface area (Å²) in [5.41, 5.74) is 2.36. The number of hydrogen-bond acceptors (Lipinski definition) is 4. The molecule has 0 radical (unpaired) electrons. The van der Waals surface area contributed by atoms with E-state index in [9.17, 15) is 9.18 Å². The second-order valence-electron chi connectivity index (χ2n) is 7.29. The summed E-state index contributed by atoms with van der Waals surface area (Å²) >= 11 is 0. The molecule has 1 fully saturated rings.